The molecule has 0 aromatic carbocycles. The lowest BCUT2D eigenvalue weighted by molar-refractivity contribution is -0.140. The van der Waals surface area contributed by atoms with Crippen LogP contribution in [0.1, 0.15) is 48.5 Å². The molecule has 3 aliphatic rings. The van der Waals surface area contributed by atoms with Gasteiger partial charge in [0.25, 0.3) is 5.91 Å². The van der Waals surface area contributed by atoms with Crippen molar-refractivity contribution in [2.75, 3.05) is 52.5 Å². The summed E-state index contributed by atoms with van der Waals surface area (Å²) < 4.78 is 10.6. The summed E-state index contributed by atoms with van der Waals surface area (Å²) in [5.41, 5.74) is 0.354. The third kappa shape index (κ3) is 4.80. The average molecular weight is 405 g/mol. The molecule has 3 heterocycles. The number of aromatic nitrogens is 1. The van der Waals surface area contributed by atoms with Crippen LogP contribution in [0.3, 0.4) is 0 Å². The van der Waals surface area contributed by atoms with E-state index in [-0.39, 0.29) is 23.8 Å². The second-order valence-electron chi connectivity index (χ2n) is 8.41. The van der Waals surface area contributed by atoms with E-state index < -0.39 is 0 Å². The zero-order valence-electron chi connectivity index (χ0n) is 17.3. The highest BCUT2D eigenvalue weighted by Gasteiger charge is 2.37. The van der Waals surface area contributed by atoms with E-state index in [9.17, 15) is 9.59 Å². The molecule has 2 amide bonds. The van der Waals surface area contributed by atoms with Crippen molar-refractivity contribution in [2.24, 2.45) is 5.92 Å². The summed E-state index contributed by atoms with van der Waals surface area (Å²) in [7, 11) is 0. The fourth-order valence-electron chi connectivity index (χ4n) is 4.46. The monoisotopic (exact) mass is 404 g/mol. The van der Waals surface area contributed by atoms with E-state index in [0.29, 0.717) is 24.7 Å². The number of hydrogen-bond donors (Lipinski definition) is 0. The van der Waals surface area contributed by atoms with Gasteiger partial charge in [-0.25, -0.2) is 4.98 Å². The fourth-order valence-corrected chi connectivity index (χ4v) is 4.46. The summed E-state index contributed by atoms with van der Waals surface area (Å²) in [6.07, 6.45) is 6.38. The number of oxazole rings is 1. The van der Waals surface area contributed by atoms with E-state index >= 15 is 0 Å². The van der Waals surface area contributed by atoms with Gasteiger partial charge in [-0.15, -0.1) is 0 Å². The molecule has 0 radical (unpaired) electrons. The van der Waals surface area contributed by atoms with Gasteiger partial charge in [-0.05, 0) is 25.7 Å². The first-order valence-electron chi connectivity index (χ1n) is 10.9. The topological polar surface area (TPSA) is 79.1 Å². The third-order valence-electron chi connectivity index (χ3n) is 6.44. The van der Waals surface area contributed by atoms with Crippen LogP contribution >= 0.6 is 0 Å². The van der Waals surface area contributed by atoms with E-state index in [2.05, 4.69) is 14.8 Å². The van der Waals surface area contributed by atoms with E-state index in [1.165, 1.54) is 6.26 Å². The predicted octanol–water partition coefficient (Wildman–Crippen LogP) is 1.55. The second kappa shape index (κ2) is 9.26. The summed E-state index contributed by atoms with van der Waals surface area (Å²) in [6, 6.07) is 0.102. The molecule has 1 atom stereocenters. The van der Waals surface area contributed by atoms with Gasteiger partial charge in [0, 0.05) is 52.1 Å². The molecule has 1 aromatic rings. The van der Waals surface area contributed by atoms with Gasteiger partial charge in [0.15, 0.2) is 11.6 Å². The van der Waals surface area contributed by atoms with Gasteiger partial charge >= 0.3 is 0 Å². The van der Waals surface area contributed by atoms with Crippen molar-refractivity contribution in [2.45, 2.75) is 45.1 Å². The largest absolute Gasteiger partial charge is 0.448 e. The summed E-state index contributed by atoms with van der Waals surface area (Å²) in [4.78, 5) is 36.3. The van der Waals surface area contributed by atoms with Crippen LogP contribution in [-0.2, 0) is 9.53 Å². The Morgan fingerprint density at radius 1 is 1.21 bits per heavy atom. The van der Waals surface area contributed by atoms with Gasteiger partial charge in [-0.1, -0.05) is 6.42 Å². The molecule has 29 heavy (non-hydrogen) atoms. The highest BCUT2D eigenvalue weighted by Crippen LogP contribution is 2.30. The molecule has 160 valence electrons. The van der Waals surface area contributed by atoms with Crippen LogP contribution in [0.25, 0.3) is 0 Å². The highest BCUT2D eigenvalue weighted by molar-refractivity contribution is 5.92. The van der Waals surface area contributed by atoms with E-state index in [4.69, 9.17) is 9.15 Å². The Balaban J connectivity index is 1.35. The smallest absolute Gasteiger partial charge is 0.275 e. The molecule has 2 saturated heterocycles. The van der Waals surface area contributed by atoms with Crippen LogP contribution in [0.5, 0.6) is 0 Å². The fraction of sp³-hybridized carbons (Fsp3) is 0.762. The lowest BCUT2D eigenvalue weighted by Crippen LogP contribution is -2.48. The quantitative estimate of drug-likeness (QED) is 0.686. The number of morpholine rings is 1. The molecule has 8 nitrogen and oxygen atoms in total. The zero-order chi connectivity index (χ0) is 20.2. The van der Waals surface area contributed by atoms with Gasteiger partial charge in [0.1, 0.15) is 6.26 Å². The molecule has 1 aliphatic carbocycles. The Labute approximate surface area is 172 Å². The number of amides is 2. The molecular formula is C21H32N4O4. The van der Waals surface area contributed by atoms with Crippen molar-refractivity contribution < 1.29 is 18.7 Å². The number of hydrogen-bond acceptors (Lipinski definition) is 6. The molecule has 1 aromatic heterocycles. The van der Waals surface area contributed by atoms with E-state index in [0.717, 1.165) is 71.5 Å². The Morgan fingerprint density at radius 2 is 2.00 bits per heavy atom. The number of rotatable bonds is 7. The van der Waals surface area contributed by atoms with Crippen molar-refractivity contribution in [3.63, 3.8) is 0 Å². The molecule has 8 heteroatoms. The third-order valence-corrected chi connectivity index (χ3v) is 6.44. The van der Waals surface area contributed by atoms with Gasteiger partial charge in [0.2, 0.25) is 5.91 Å². The van der Waals surface area contributed by atoms with Crippen molar-refractivity contribution in [3.05, 3.63) is 17.8 Å². The lowest BCUT2D eigenvalue weighted by Gasteiger charge is -2.36. The van der Waals surface area contributed by atoms with Crippen molar-refractivity contribution in [1.29, 1.82) is 0 Å². The van der Waals surface area contributed by atoms with E-state index in [1.807, 2.05) is 4.90 Å². The van der Waals surface area contributed by atoms with Crippen LogP contribution in [0.2, 0.25) is 0 Å². The molecule has 0 N–H and O–H groups in total. The first-order valence-corrected chi connectivity index (χ1v) is 10.9. The zero-order valence-corrected chi connectivity index (χ0v) is 17.3. The number of likely N-dealkylation sites (tertiary alicyclic amines) is 1. The summed E-state index contributed by atoms with van der Waals surface area (Å²) >= 11 is 0. The van der Waals surface area contributed by atoms with Crippen molar-refractivity contribution >= 4 is 11.8 Å². The van der Waals surface area contributed by atoms with E-state index in [1.54, 1.807) is 6.92 Å². The van der Waals surface area contributed by atoms with Gasteiger partial charge in [0.05, 0.1) is 19.3 Å². The SMILES string of the molecule is Cc1nc(C(=O)N2CCC(N(CCCN3CCOCC3)C(=O)C3CCC3)C2)co1. The summed E-state index contributed by atoms with van der Waals surface area (Å²) in [5, 5.41) is 0. The minimum Gasteiger partial charge on any atom is -0.448 e. The Kier molecular flexibility index (Phi) is 6.50. The maximum atomic E-state index is 13.1. The standard InChI is InChI=1S/C21H32N4O4/c1-16-22-19(15-29-16)21(27)24-9-6-18(14-24)25(20(26)17-4-2-5-17)8-3-7-23-10-12-28-13-11-23/h15,17-18H,2-14H2,1H3. The number of nitrogens with zero attached hydrogens (tertiary/aromatic N) is 4. The van der Waals surface area contributed by atoms with Crippen LogP contribution in [0, 0.1) is 12.8 Å². The Hall–Kier alpha value is -1.93. The molecule has 1 saturated carbocycles. The minimum atomic E-state index is -0.103. The first-order chi connectivity index (χ1) is 14.1. The Bertz CT molecular complexity index is 711. The van der Waals surface area contributed by atoms with Crippen LogP contribution < -0.4 is 0 Å². The predicted molar refractivity (Wildman–Crippen MR) is 106 cm³/mol. The first kappa shape index (κ1) is 20.3. The average Bonchev–Trinajstić information content (AvgIpc) is 3.33. The van der Waals surface area contributed by atoms with Gasteiger partial charge in [-0.2, -0.15) is 0 Å². The Morgan fingerprint density at radius 3 is 2.66 bits per heavy atom. The number of ether oxygens (including phenoxy) is 1. The maximum absolute atomic E-state index is 13.1. The normalized spacial score (nSPS) is 23.2. The van der Waals surface area contributed by atoms with Crippen molar-refractivity contribution in [1.82, 2.24) is 19.7 Å². The second-order valence-corrected chi connectivity index (χ2v) is 8.41. The summed E-state index contributed by atoms with van der Waals surface area (Å²) in [5.74, 6) is 0.860. The highest BCUT2D eigenvalue weighted by atomic mass is 16.5. The van der Waals surface area contributed by atoms with Crippen molar-refractivity contribution in [3.8, 4) is 0 Å². The molecule has 2 aliphatic heterocycles. The minimum absolute atomic E-state index is 0.102. The van der Waals surface area contributed by atoms with Crippen LogP contribution in [0.4, 0.5) is 0 Å². The summed E-state index contributed by atoms with van der Waals surface area (Å²) in [6.45, 7) is 8.27. The molecule has 3 fully saturated rings. The van der Waals surface area contributed by atoms with Crippen LogP contribution in [-0.4, -0.2) is 90.0 Å². The van der Waals surface area contributed by atoms with Gasteiger partial charge < -0.3 is 19.0 Å². The molecule has 0 spiro atoms. The molecule has 1 unspecified atom stereocenters. The maximum Gasteiger partial charge on any atom is 0.275 e. The lowest BCUT2D eigenvalue weighted by atomic mass is 9.84. The molecular weight excluding hydrogens is 372 g/mol. The van der Waals surface area contributed by atoms with Crippen LogP contribution in [0.15, 0.2) is 10.7 Å². The molecule has 0 bridgehead atoms. The number of aryl methyl sites for hydroxylation is 1. The molecule has 4 rings (SSSR count). The number of carbonyl (C=O) groups is 2. The number of carbonyl (C=O) groups excluding carboxylic acids is 2. The van der Waals surface area contributed by atoms with Gasteiger partial charge in [-0.3, -0.25) is 14.5 Å².